The highest BCUT2D eigenvalue weighted by atomic mass is 35.5. The predicted molar refractivity (Wildman–Crippen MR) is 115 cm³/mol. The molecule has 0 radical (unpaired) electrons. The number of amides is 2. The maximum absolute atomic E-state index is 13.5. The van der Waals surface area contributed by atoms with Crippen LogP contribution in [0.5, 0.6) is 5.75 Å². The second-order valence-corrected chi connectivity index (χ2v) is 7.60. The van der Waals surface area contributed by atoms with Crippen LogP contribution in [0.1, 0.15) is 23.2 Å². The van der Waals surface area contributed by atoms with Gasteiger partial charge in [-0.3, -0.25) is 9.59 Å². The smallest absolute Gasteiger partial charge is 0.253 e. The Morgan fingerprint density at radius 2 is 1.90 bits per heavy atom. The third-order valence-corrected chi connectivity index (χ3v) is 5.04. The summed E-state index contributed by atoms with van der Waals surface area (Å²) in [5.74, 6) is -0.179. The second-order valence-electron chi connectivity index (χ2n) is 6.21. The summed E-state index contributed by atoms with van der Waals surface area (Å²) in [7, 11) is 0. The number of carbonyl (C=O) groups is 2. The van der Waals surface area contributed by atoms with Crippen molar-refractivity contribution in [1.29, 1.82) is 0 Å². The zero-order valence-corrected chi connectivity index (χ0v) is 17.7. The number of carbonyl (C=O) groups excluding carboxylic acids is 2. The number of nitrogens with one attached hydrogen (secondary N) is 2. The third-order valence-electron chi connectivity index (χ3n) is 4.07. The summed E-state index contributed by atoms with van der Waals surface area (Å²) in [6.07, 6.45) is 2.94. The van der Waals surface area contributed by atoms with Gasteiger partial charge in [-0.05, 0) is 49.1 Å². The Kier molecular flexibility index (Phi) is 9.80. The average molecular weight is 439 g/mol. The quantitative estimate of drug-likeness (QED) is 0.522. The van der Waals surface area contributed by atoms with Crippen LogP contribution in [0.2, 0.25) is 5.02 Å². The number of hydrogen-bond donors (Lipinski definition) is 2. The van der Waals surface area contributed by atoms with Gasteiger partial charge in [0.2, 0.25) is 5.91 Å². The number of thioether (sulfide) groups is 1. The van der Waals surface area contributed by atoms with Gasteiger partial charge in [0.1, 0.15) is 6.04 Å². The molecule has 2 aromatic carbocycles. The number of hydrogen-bond acceptors (Lipinski definition) is 4. The van der Waals surface area contributed by atoms with Gasteiger partial charge in [0.25, 0.3) is 5.91 Å². The standard InChI is InChI=1S/C21H24ClFN2O3S/c1-29-14-11-18(25-20(26)15-7-2-3-8-16(15)22)21(27)24-12-6-13-28-19-10-5-4-9-17(19)23/h2-5,7-10,18H,6,11-14H2,1H3,(H,24,27)(H,25,26). The fourth-order valence-electron chi connectivity index (χ4n) is 2.54. The van der Waals surface area contributed by atoms with Crippen molar-refractivity contribution in [2.45, 2.75) is 18.9 Å². The van der Waals surface area contributed by atoms with Crippen LogP contribution in [0.3, 0.4) is 0 Å². The molecule has 0 aliphatic heterocycles. The number of halogens is 2. The molecule has 1 atom stereocenters. The van der Waals surface area contributed by atoms with E-state index in [0.717, 1.165) is 5.75 Å². The average Bonchev–Trinajstić information content (AvgIpc) is 2.72. The molecule has 2 rings (SSSR count). The van der Waals surface area contributed by atoms with Gasteiger partial charge in [-0.15, -0.1) is 0 Å². The first-order valence-corrected chi connectivity index (χ1v) is 11.0. The summed E-state index contributed by atoms with van der Waals surface area (Å²) in [6, 6.07) is 12.2. The van der Waals surface area contributed by atoms with Gasteiger partial charge in [0.15, 0.2) is 11.6 Å². The third kappa shape index (κ3) is 7.59. The number of benzene rings is 2. The van der Waals surface area contributed by atoms with E-state index in [1.165, 1.54) is 6.07 Å². The Balaban J connectivity index is 1.82. The topological polar surface area (TPSA) is 67.4 Å². The van der Waals surface area contributed by atoms with Crippen LogP contribution in [0.15, 0.2) is 48.5 Å². The lowest BCUT2D eigenvalue weighted by Crippen LogP contribution is -2.47. The molecule has 0 fully saturated rings. The van der Waals surface area contributed by atoms with Crippen LogP contribution in [0.4, 0.5) is 4.39 Å². The van der Waals surface area contributed by atoms with Gasteiger partial charge in [-0.2, -0.15) is 11.8 Å². The summed E-state index contributed by atoms with van der Waals surface area (Å²) in [4.78, 5) is 25.0. The molecule has 2 N–H and O–H groups in total. The molecule has 0 bridgehead atoms. The molecule has 0 aromatic heterocycles. The Hall–Kier alpha value is -2.25. The number of para-hydroxylation sites is 1. The minimum absolute atomic E-state index is 0.184. The molecule has 0 aliphatic carbocycles. The van der Waals surface area contributed by atoms with Crippen molar-refractivity contribution >= 4 is 35.2 Å². The summed E-state index contributed by atoms with van der Waals surface area (Å²) in [5.41, 5.74) is 0.328. The molecule has 156 valence electrons. The maximum atomic E-state index is 13.5. The first kappa shape index (κ1) is 23.0. The van der Waals surface area contributed by atoms with Crippen molar-refractivity contribution in [3.8, 4) is 5.75 Å². The summed E-state index contributed by atoms with van der Waals surface area (Å²) in [6.45, 7) is 0.619. The molecule has 1 unspecified atom stereocenters. The van der Waals surface area contributed by atoms with Crippen molar-refractivity contribution in [1.82, 2.24) is 10.6 Å². The Labute approximate surface area is 179 Å². The Morgan fingerprint density at radius 3 is 2.62 bits per heavy atom. The minimum atomic E-state index is -0.668. The lowest BCUT2D eigenvalue weighted by molar-refractivity contribution is -0.123. The molecule has 2 amide bonds. The fourth-order valence-corrected chi connectivity index (χ4v) is 3.23. The van der Waals surface area contributed by atoms with Crippen molar-refractivity contribution in [2.24, 2.45) is 0 Å². The molecule has 0 heterocycles. The van der Waals surface area contributed by atoms with Crippen LogP contribution in [0.25, 0.3) is 0 Å². The maximum Gasteiger partial charge on any atom is 0.253 e. The van der Waals surface area contributed by atoms with Crippen LogP contribution >= 0.6 is 23.4 Å². The van der Waals surface area contributed by atoms with E-state index in [9.17, 15) is 14.0 Å². The zero-order chi connectivity index (χ0) is 21.1. The van der Waals surface area contributed by atoms with Gasteiger partial charge < -0.3 is 15.4 Å². The van der Waals surface area contributed by atoms with Crippen molar-refractivity contribution < 1.29 is 18.7 Å². The van der Waals surface area contributed by atoms with E-state index >= 15 is 0 Å². The highest BCUT2D eigenvalue weighted by Crippen LogP contribution is 2.16. The van der Waals surface area contributed by atoms with Gasteiger partial charge >= 0.3 is 0 Å². The molecule has 5 nitrogen and oxygen atoms in total. The lowest BCUT2D eigenvalue weighted by atomic mass is 10.1. The Morgan fingerprint density at radius 1 is 1.17 bits per heavy atom. The number of rotatable bonds is 11. The minimum Gasteiger partial charge on any atom is -0.490 e. The van der Waals surface area contributed by atoms with Crippen molar-refractivity contribution in [3.63, 3.8) is 0 Å². The van der Waals surface area contributed by atoms with Gasteiger partial charge in [0, 0.05) is 6.54 Å². The highest BCUT2D eigenvalue weighted by molar-refractivity contribution is 7.98. The molecule has 0 spiro atoms. The fraction of sp³-hybridized carbons (Fsp3) is 0.333. The zero-order valence-electron chi connectivity index (χ0n) is 16.1. The first-order chi connectivity index (χ1) is 14.0. The Bertz CT molecular complexity index is 822. The van der Waals surface area contributed by atoms with Gasteiger partial charge in [0.05, 0.1) is 17.2 Å². The number of ether oxygens (including phenoxy) is 1. The molecule has 0 saturated heterocycles. The summed E-state index contributed by atoms with van der Waals surface area (Å²) in [5, 5.41) is 5.88. The van der Waals surface area contributed by atoms with Crippen LogP contribution in [0, 0.1) is 5.82 Å². The van der Waals surface area contributed by atoms with E-state index in [1.807, 2.05) is 6.26 Å². The van der Waals surface area contributed by atoms with E-state index < -0.39 is 11.9 Å². The molecule has 0 aliphatic rings. The molecule has 8 heteroatoms. The predicted octanol–water partition coefficient (Wildman–Crippen LogP) is 3.92. The molecule has 0 saturated carbocycles. The molecule has 2 aromatic rings. The largest absolute Gasteiger partial charge is 0.490 e. The van der Waals surface area contributed by atoms with Crippen LogP contribution in [-0.4, -0.2) is 43.0 Å². The van der Waals surface area contributed by atoms with E-state index in [4.69, 9.17) is 16.3 Å². The second kappa shape index (κ2) is 12.3. The van der Waals surface area contributed by atoms with Crippen molar-refractivity contribution in [2.75, 3.05) is 25.2 Å². The molecular formula is C21H24ClFN2O3S. The molecule has 29 heavy (non-hydrogen) atoms. The normalized spacial score (nSPS) is 11.6. The molecular weight excluding hydrogens is 415 g/mol. The first-order valence-electron chi connectivity index (χ1n) is 9.22. The van der Waals surface area contributed by atoms with Crippen molar-refractivity contribution in [3.05, 3.63) is 64.9 Å². The van der Waals surface area contributed by atoms with E-state index in [2.05, 4.69) is 10.6 Å². The van der Waals surface area contributed by atoms with Gasteiger partial charge in [-0.1, -0.05) is 35.9 Å². The van der Waals surface area contributed by atoms with Crippen LogP contribution in [-0.2, 0) is 4.79 Å². The van der Waals surface area contributed by atoms with Crippen LogP contribution < -0.4 is 15.4 Å². The van der Waals surface area contributed by atoms with E-state index in [-0.39, 0.29) is 24.2 Å². The van der Waals surface area contributed by atoms with Gasteiger partial charge in [-0.25, -0.2) is 4.39 Å². The monoisotopic (exact) mass is 438 g/mol. The van der Waals surface area contributed by atoms with E-state index in [1.54, 1.807) is 54.2 Å². The lowest BCUT2D eigenvalue weighted by Gasteiger charge is -2.18. The summed E-state index contributed by atoms with van der Waals surface area (Å²) >= 11 is 7.65. The highest BCUT2D eigenvalue weighted by Gasteiger charge is 2.21. The van der Waals surface area contributed by atoms with E-state index in [0.29, 0.717) is 30.0 Å². The SMILES string of the molecule is CSCCC(NC(=O)c1ccccc1Cl)C(=O)NCCCOc1ccccc1F. The summed E-state index contributed by atoms with van der Waals surface area (Å²) < 4.78 is 18.9.